The summed E-state index contributed by atoms with van der Waals surface area (Å²) in [5.41, 5.74) is 4.69. The van der Waals surface area contributed by atoms with Crippen LogP contribution in [-0.4, -0.2) is 6.54 Å². The zero-order valence-corrected chi connectivity index (χ0v) is 10.2. The third-order valence-electron chi connectivity index (χ3n) is 3.13. The van der Waals surface area contributed by atoms with Crippen molar-refractivity contribution in [3.63, 3.8) is 0 Å². The molecule has 0 bridgehead atoms. The first kappa shape index (κ1) is 10.5. The first-order valence-corrected chi connectivity index (χ1v) is 5.81. The Hall–Kier alpha value is -0.980. The van der Waals surface area contributed by atoms with Gasteiger partial charge < -0.3 is 5.32 Å². The number of rotatable bonds is 1. The number of anilines is 1. The van der Waals surface area contributed by atoms with E-state index in [1.165, 1.54) is 23.2 Å². The predicted octanol–water partition coefficient (Wildman–Crippen LogP) is 3.94. The molecule has 1 aromatic rings. The maximum Gasteiger partial charge on any atom is 0.0406 e. The van der Waals surface area contributed by atoms with Gasteiger partial charge in [-0.1, -0.05) is 39.0 Å². The standard InChI is InChI=1S/C14H21N/c1-10-6-5-7-12-11(8-14(2,3)4)9-15-13(10)12/h5-7,11,15H,8-9H2,1-4H3. The van der Waals surface area contributed by atoms with Crippen LogP contribution >= 0.6 is 0 Å². The Morgan fingerprint density at radius 2 is 2.07 bits per heavy atom. The van der Waals surface area contributed by atoms with E-state index >= 15 is 0 Å². The average Bonchev–Trinajstić information content (AvgIpc) is 2.48. The van der Waals surface area contributed by atoms with Gasteiger partial charge in [-0.15, -0.1) is 0 Å². The van der Waals surface area contributed by atoms with Crippen LogP contribution in [0.25, 0.3) is 0 Å². The lowest BCUT2D eigenvalue weighted by molar-refractivity contribution is 0.348. The normalized spacial score (nSPS) is 19.9. The highest BCUT2D eigenvalue weighted by atomic mass is 14.9. The van der Waals surface area contributed by atoms with Crippen molar-refractivity contribution >= 4 is 5.69 Å². The monoisotopic (exact) mass is 203 g/mol. The van der Waals surface area contributed by atoms with Gasteiger partial charge in [0.1, 0.15) is 0 Å². The van der Waals surface area contributed by atoms with Gasteiger partial charge in [-0.2, -0.15) is 0 Å². The van der Waals surface area contributed by atoms with Gasteiger partial charge in [-0.05, 0) is 29.9 Å². The highest BCUT2D eigenvalue weighted by molar-refractivity contribution is 5.62. The van der Waals surface area contributed by atoms with Gasteiger partial charge in [-0.3, -0.25) is 0 Å². The van der Waals surface area contributed by atoms with Crippen molar-refractivity contribution in [2.24, 2.45) is 5.41 Å². The smallest absolute Gasteiger partial charge is 0.0406 e. The van der Waals surface area contributed by atoms with Gasteiger partial charge in [0.25, 0.3) is 0 Å². The number of nitrogens with one attached hydrogen (secondary N) is 1. The van der Waals surface area contributed by atoms with E-state index in [0.29, 0.717) is 11.3 Å². The average molecular weight is 203 g/mol. The molecule has 1 heteroatoms. The molecule has 1 aromatic carbocycles. The van der Waals surface area contributed by atoms with Crippen LogP contribution in [0.2, 0.25) is 0 Å². The van der Waals surface area contributed by atoms with E-state index in [4.69, 9.17) is 0 Å². The minimum absolute atomic E-state index is 0.414. The summed E-state index contributed by atoms with van der Waals surface area (Å²) in [5, 5.41) is 3.54. The van der Waals surface area contributed by atoms with E-state index in [0.717, 1.165) is 6.54 Å². The van der Waals surface area contributed by atoms with E-state index in [-0.39, 0.29) is 0 Å². The van der Waals surface area contributed by atoms with E-state index in [1.54, 1.807) is 0 Å². The van der Waals surface area contributed by atoms with Crippen LogP contribution in [0.1, 0.15) is 44.2 Å². The zero-order chi connectivity index (χ0) is 11.1. The van der Waals surface area contributed by atoms with E-state index in [1.807, 2.05) is 0 Å². The fraction of sp³-hybridized carbons (Fsp3) is 0.571. The summed E-state index contributed by atoms with van der Waals surface area (Å²) in [6, 6.07) is 6.64. The lowest BCUT2D eigenvalue weighted by Gasteiger charge is -2.22. The Bertz CT molecular complexity index is 360. The molecule has 1 unspecified atom stereocenters. The molecule has 0 radical (unpaired) electrons. The molecular formula is C14H21N. The quantitative estimate of drug-likeness (QED) is 0.729. The van der Waals surface area contributed by atoms with Crippen LogP contribution in [0.4, 0.5) is 5.69 Å². The molecule has 0 spiro atoms. The number of benzene rings is 1. The topological polar surface area (TPSA) is 12.0 Å². The SMILES string of the molecule is Cc1cccc2c1NCC2CC(C)(C)C. The number of fused-ring (bicyclic) bond motifs is 1. The summed E-state index contributed by atoms with van der Waals surface area (Å²) < 4.78 is 0. The fourth-order valence-electron chi connectivity index (χ4n) is 2.53. The van der Waals surface area contributed by atoms with Crippen molar-refractivity contribution in [2.75, 3.05) is 11.9 Å². The summed E-state index contributed by atoms with van der Waals surface area (Å²) in [6.45, 7) is 10.3. The molecule has 0 aromatic heterocycles. The third-order valence-corrected chi connectivity index (χ3v) is 3.13. The minimum atomic E-state index is 0.414. The number of hydrogen-bond donors (Lipinski definition) is 1. The van der Waals surface area contributed by atoms with Crippen molar-refractivity contribution in [1.29, 1.82) is 0 Å². The molecule has 0 fully saturated rings. The van der Waals surface area contributed by atoms with Crippen molar-refractivity contribution in [1.82, 2.24) is 0 Å². The molecule has 1 N–H and O–H groups in total. The van der Waals surface area contributed by atoms with Gasteiger partial charge in [0.05, 0.1) is 0 Å². The Balaban J connectivity index is 2.26. The van der Waals surface area contributed by atoms with Crippen LogP contribution in [-0.2, 0) is 0 Å². The molecule has 1 aliphatic rings. The van der Waals surface area contributed by atoms with Crippen LogP contribution < -0.4 is 5.32 Å². The largest absolute Gasteiger partial charge is 0.384 e. The first-order chi connectivity index (χ1) is 6.97. The van der Waals surface area contributed by atoms with Gasteiger partial charge in [0, 0.05) is 18.2 Å². The van der Waals surface area contributed by atoms with Crippen molar-refractivity contribution in [2.45, 2.75) is 40.0 Å². The second-order valence-corrected chi connectivity index (χ2v) is 5.88. The second-order valence-electron chi connectivity index (χ2n) is 5.88. The number of para-hydroxylation sites is 1. The zero-order valence-electron chi connectivity index (χ0n) is 10.2. The van der Waals surface area contributed by atoms with Crippen LogP contribution in [0, 0.1) is 12.3 Å². The Labute approximate surface area is 92.9 Å². The fourth-order valence-corrected chi connectivity index (χ4v) is 2.53. The Kier molecular flexibility index (Phi) is 2.49. The summed E-state index contributed by atoms with van der Waals surface area (Å²) >= 11 is 0. The molecule has 82 valence electrons. The van der Waals surface area contributed by atoms with Crippen LogP contribution in [0.5, 0.6) is 0 Å². The number of aryl methyl sites for hydroxylation is 1. The molecule has 1 nitrogen and oxygen atoms in total. The molecule has 1 heterocycles. The lowest BCUT2D eigenvalue weighted by atomic mass is 9.82. The molecule has 0 saturated heterocycles. The minimum Gasteiger partial charge on any atom is -0.384 e. The van der Waals surface area contributed by atoms with Crippen LogP contribution in [0.15, 0.2) is 18.2 Å². The summed E-state index contributed by atoms with van der Waals surface area (Å²) in [5.74, 6) is 0.694. The van der Waals surface area contributed by atoms with Gasteiger partial charge in [0.2, 0.25) is 0 Å². The molecule has 0 amide bonds. The summed E-state index contributed by atoms with van der Waals surface area (Å²) in [7, 11) is 0. The Morgan fingerprint density at radius 1 is 1.33 bits per heavy atom. The predicted molar refractivity (Wildman–Crippen MR) is 66.5 cm³/mol. The molecule has 1 atom stereocenters. The van der Waals surface area contributed by atoms with Gasteiger partial charge in [-0.25, -0.2) is 0 Å². The number of hydrogen-bond acceptors (Lipinski definition) is 1. The lowest BCUT2D eigenvalue weighted by Crippen LogP contribution is -2.13. The third kappa shape index (κ3) is 2.17. The first-order valence-electron chi connectivity index (χ1n) is 5.81. The molecule has 0 saturated carbocycles. The molecule has 2 rings (SSSR count). The Morgan fingerprint density at radius 3 is 2.73 bits per heavy atom. The van der Waals surface area contributed by atoms with Gasteiger partial charge in [0.15, 0.2) is 0 Å². The van der Waals surface area contributed by atoms with E-state index < -0.39 is 0 Å². The highest BCUT2D eigenvalue weighted by Gasteiger charge is 2.27. The summed E-state index contributed by atoms with van der Waals surface area (Å²) in [4.78, 5) is 0. The van der Waals surface area contributed by atoms with Crippen molar-refractivity contribution in [3.8, 4) is 0 Å². The molecule has 15 heavy (non-hydrogen) atoms. The summed E-state index contributed by atoms with van der Waals surface area (Å²) in [6.07, 6.45) is 1.26. The maximum absolute atomic E-state index is 3.54. The highest BCUT2D eigenvalue weighted by Crippen LogP contribution is 2.40. The van der Waals surface area contributed by atoms with Crippen molar-refractivity contribution < 1.29 is 0 Å². The van der Waals surface area contributed by atoms with E-state index in [9.17, 15) is 0 Å². The van der Waals surface area contributed by atoms with Crippen LogP contribution in [0.3, 0.4) is 0 Å². The van der Waals surface area contributed by atoms with E-state index in [2.05, 4.69) is 51.2 Å². The van der Waals surface area contributed by atoms with Crippen molar-refractivity contribution in [3.05, 3.63) is 29.3 Å². The maximum atomic E-state index is 3.54. The molecule has 0 aliphatic carbocycles. The molecule has 1 aliphatic heterocycles. The van der Waals surface area contributed by atoms with Gasteiger partial charge >= 0.3 is 0 Å². The second kappa shape index (κ2) is 3.55. The molecular weight excluding hydrogens is 182 g/mol.